The number of aromatic nitrogens is 2. The molecule has 5 nitrogen and oxygen atoms in total. The van der Waals surface area contributed by atoms with Crippen molar-refractivity contribution >= 4 is 0 Å². The lowest BCUT2D eigenvalue weighted by Gasteiger charge is -2.40. The Morgan fingerprint density at radius 2 is 1.89 bits per heavy atom. The molecule has 2 fully saturated rings. The van der Waals surface area contributed by atoms with Gasteiger partial charge in [-0.25, -0.2) is 0 Å². The molecule has 5 heteroatoms. The maximum atomic E-state index is 5.88. The zero-order chi connectivity index (χ0) is 19.6. The van der Waals surface area contributed by atoms with Gasteiger partial charge in [-0.15, -0.1) is 10.2 Å². The second kappa shape index (κ2) is 8.34. The summed E-state index contributed by atoms with van der Waals surface area (Å²) in [4.78, 5) is 5.26. The van der Waals surface area contributed by atoms with Crippen LogP contribution in [0.5, 0.6) is 0 Å². The summed E-state index contributed by atoms with van der Waals surface area (Å²) in [5.74, 6) is 2.23. The third kappa shape index (κ3) is 4.47. The Labute approximate surface area is 169 Å². The second-order valence-corrected chi connectivity index (χ2v) is 9.28. The van der Waals surface area contributed by atoms with Crippen molar-refractivity contribution in [2.45, 2.75) is 52.5 Å². The second-order valence-electron chi connectivity index (χ2n) is 9.28. The number of rotatable bonds is 6. The predicted molar refractivity (Wildman–Crippen MR) is 111 cm³/mol. The van der Waals surface area contributed by atoms with Crippen molar-refractivity contribution in [3.8, 4) is 0 Å². The van der Waals surface area contributed by atoms with Gasteiger partial charge in [-0.3, -0.25) is 4.90 Å². The van der Waals surface area contributed by atoms with Crippen molar-refractivity contribution in [1.29, 1.82) is 0 Å². The fraction of sp³-hybridized carbons (Fsp3) is 0.652. The van der Waals surface area contributed by atoms with Gasteiger partial charge < -0.3 is 9.32 Å². The molecule has 2 aromatic rings. The highest BCUT2D eigenvalue weighted by atomic mass is 16.4. The maximum absolute atomic E-state index is 5.88. The van der Waals surface area contributed by atoms with Gasteiger partial charge in [0.05, 0.1) is 6.04 Å². The molecule has 1 unspecified atom stereocenters. The van der Waals surface area contributed by atoms with E-state index in [4.69, 9.17) is 4.42 Å². The third-order valence-corrected chi connectivity index (χ3v) is 6.50. The van der Waals surface area contributed by atoms with Gasteiger partial charge in [0.15, 0.2) is 0 Å². The molecule has 1 aromatic heterocycles. The average molecular weight is 383 g/mol. The first-order valence-corrected chi connectivity index (χ1v) is 10.8. The van der Waals surface area contributed by atoms with Crippen molar-refractivity contribution in [2.24, 2.45) is 11.3 Å². The molecule has 3 heterocycles. The van der Waals surface area contributed by atoms with E-state index < -0.39 is 0 Å². The molecule has 0 bridgehead atoms. The van der Waals surface area contributed by atoms with Crippen LogP contribution in [0.3, 0.4) is 0 Å². The molecule has 152 valence electrons. The van der Waals surface area contributed by atoms with Crippen LogP contribution in [0, 0.1) is 18.3 Å². The molecular formula is C23H34N4O. The number of aryl methyl sites for hydroxylation is 1. The number of benzene rings is 1. The molecule has 1 atom stereocenters. The highest BCUT2D eigenvalue weighted by Crippen LogP contribution is 2.48. The van der Waals surface area contributed by atoms with Crippen LogP contribution >= 0.6 is 0 Å². The van der Waals surface area contributed by atoms with E-state index in [1.807, 2.05) is 6.92 Å². The number of likely N-dealkylation sites (tertiary alicyclic amines) is 2. The van der Waals surface area contributed by atoms with Crippen molar-refractivity contribution < 1.29 is 4.42 Å². The Bertz CT molecular complexity index is 749. The number of nitrogens with zero attached hydrogens (tertiary/aromatic N) is 4. The molecule has 0 amide bonds. The first-order valence-electron chi connectivity index (χ1n) is 10.8. The van der Waals surface area contributed by atoms with E-state index in [-0.39, 0.29) is 6.04 Å². The summed E-state index contributed by atoms with van der Waals surface area (Å²) < 4.78 is 5.88. The van der Waals surface area contributed by atoms with Crippen LogP contribution in [0.2, 0.25) is 0 Å². The van der Waals surface area contributed by atoms with E-state index in [2.05, 4.69) is 64.2 Å². The Morgan fingerprint density at radius 3 is 2.54 bits per heavy atom. The van der Waals surface area contributed by atoms with Crippen LogP contribution < -0.4 is 0 Å². The SMILES string of the molecule is Cc1nnc(C2CC3(CCN(CC(C)C)CC3)CN2CCc2ccccc2)o1. The van der Waals surface area contributed by atoms with Crippen LogP contribution in [0.1, 0.15) is 56.5 Å². The number of hydrogen-bond acceptors (Lipinski definition) is 5. The Balaban J connectivity index is 1.46. The molecule has 0 aliphatic carbocycles. The van der Waals surface area contributed by atoms with Gasteiger partial charge in [-0.05, 0) is 55.7 Å². The predicted octanol–water partition coefficient (Wildman–Crippen LogP) is 4.11. The minimum Gasteiger partial charge on any atom is -0.424 e. The lowest BCUT2D eigenvalue weighted by atomic mass is 9.76. The van der Waals surface area contributed by atoms with Crippen molar-refractivity contribution in [3.63, 3.8) is 0 Å². The van der Waals surface area contributed by atoms with Gasteiger partial charge in [0.1, 0.15) is 0 Å². The van der Waals surface area contributed by atoms with Crippen molar-refractivity contribution in [3.05, 3.63) is 47.7 Å². The lowest BCUT2D eigenvalue weighted by Crippen LogP contribution is -2.42. The van der Waals surface area contributed by atoms with E-state index >= 15 is 0 Å². The summed E-state index contributed by atoms with van der Waals surface area (Å²) >= 11 is 0. The monoisotopic (exact) mass is 382 g/mol. The van der Waals surface area contributed by atoms with Gasteiger partial charge >= 0.3 is 0 Å². The molecule has 1 spiro atoms. The quantitative estimate of drug-likeness (QED) is 0.752. The summed E-state index contributed by atoms with van der Waals surface area (Å²) in [6.45, 7) is 12.4. The van der Waals surface area contributed by atoms with Crippen LogP contribution in [-0.4, -0.2) is 52.7 Å². The molecular weight excluding hydrogens is 348 g/mol. The Morgan fingerprint density at radius 1 is 1.14 bits per heavy atom. The molecule has 0 radical (unpaired) electrons. The zero-order valence-corrected chi connectivity index (χ0v) is 17.6. The van der Waals surface area contributed by atoms with Gasteiger partial charge in [0.2, 0.25) is 11.8 Å². The average Bonchev–Trinajstić information content (AvgIpc) is 3.27. The van der Waals surface area contributed by atoms with E-state index in [1.54, 1.807) is 0 Å². The van der Waals surface area contributed by atoms with E-state index in [1.165, 1.54) is 38.0 Å². The maximum Gasteiger partial charge on any atom is 0.233 e. The molecule has 0 N–H and O–H groups in total. The molecule has 0 saturated carbocycles. The summed E-state index contributed by atoms with van der Waals surface area (Å²) in [5, 5.41) is 8.51. The first kappa shape index (κ1) is 19.6. The highest BCUT2D eigenvalue weighted by Gasteiger charge is 2.47. The van der Waals surface area contributed by atoms with Crippen LogP contribution in [0.15, 0.2) is 34.7 Å². The van der Waals surface area contributed by atoms with Gasteiger partial charge in [-0.1, -0.05) is 44.2 Å². The molecule has 1 aromatic carbocycles. The molecule has 28 heavy (non-hydrogen) atoms. The standard InChI is InChI=1S/C23H34N4O/c1-18(2)16-26-13-10-23(11-14-26)15-21(22-25-24-19(3)28-22)27(17-23)12-9-20-7-5-4-6-8-20/h4-8,18,21H,9-17H2,1-3H3. The molecule has 2 saturated heterocycles. The van der Waals surface area contributed by atoms with Crippen LogP contribution in [-0.2, 0) is 6.42 Å². The minimum absolute atomic E-state index is 0.265. The summed E-state index contributed by atoms with van der Waals surface area (Å²) in [7, 11) is 0. The van der Waals surface area contributed by atoms with E-state index in [9.17, 15) is 0 Å². The van der Waals surface area contributed by atoms with Gasteiger partial charge in [-0.2, -0.15) is 0 Å². The lowest BCUT2D eigenvalue weighted by molar-refractivity contribution is 0.0993. The largest absolute Gasteiger partial charge is 0.424 e. The fourth-order valence-electron chi connectivity index (χ4n) is 5.08. The minimum atomic E-state index is 0.265. The number of hydrogen-bond donors (Lipinski definition) is 0. The fourth-order valence-corrected chi connectivity index (χ4v) is 5.08. The topological polar surface area (TPSA) is 45.4 Å². The van der Waals surface area contributed by atoms with Gasteiger partial charge in [0, 0.05) is 26.6 Å². The molecule has 4 rings (SSSR count). The van der Waals surface area contributed by atoms with E-state index in [0.717, 1.165) is 37.7 Å². The Kier molecular flexibility index (Phi) is 5.83. The first-order chi connectivity index (χ1) is 13.5. The van der Waals surface area contributed by atoms with Crippen LogP contribution in [0.4, 0.5) is 0 Å². The highest BCUT2D eigenvalue weighted by molar-refractivity contribution is 5.15. The Hall–Kier alpha value is -1.72. The molecule has 2 aliphatic rings. The van der Waals surface area contributed by atoms with E-state index in [0.29, 0.717) is 11.3 Å². The smallest absolute Gasteiger partial charge is 0.233 e. The third-order valence-electron chi connectivity index (χ3n) is 6.50. The summed E-state index contributed by atoms with van der Waals surface area (Å²) in [6.07, 6.45) is 4.79. The normalized spacial score (nSPS) is 23.1. The summed E-state index contributed by atoms with van der Waals surface area (Å²) in [5.41, 5.74) is 1.80. The number of piperidine rings is 1. The summed E-state index contributed by atoms with van der Waals surface area (Å²) in [6, 6.07) is 11.1. The molecule has 2 aliphatic heterocycles. The van der Waals surface area contributed by atoms with Crippen LogP contribution in [0.25, 0.3) is 0 Å². The van der Waals surface area contributed by atoms with Crippen molar-refractivity contribution in [1.82, 2.24) is 20.0 Å². The van der Waals surface area contributed by atoms with Gasteiger partial charge in [0.25, 0.3) is 0 Å². The zero-order valence-electron chi connectivity index (χ0n) is 17.6. The van der Waals surface area contributed by atoms with Crippen molar-refractivity contribution in [2.75, 3.05) is 32.7 Å².